The number of aryl methyl sites for hydroxylation is 1. The predicted molar refractivity (Wildman–Crippen MR) is 98.5 cm³/mol. The number of carbonyl (C=O) groups excluding carboxylic acids is 1. The maximum Gasteiger partial charge on any atom is 0.237 e. The molecule has 2 heterocycles. The molecule has 1 aromatic heterocycles. The number of hydrogen-bond acceptors (Lipinski definition) is 5. The molecular formula is C18H23ClN4O3. The van der Waals surface area contributed by atoms with E-state index >= 15 is 0 Å². The van der Waals surface area contributed by atoms with Gasteiger partial charge in [-0.05, 0) is 26.2 Å². The predicted octanol–water partition coefficient (Wildman–Crippen LogP) is 1.80. The molecule has 1 aliphatic rings. The van der Waals surface area contributed by atoms with Crippen LogP contribution in [0.5, 0.6) is 11.5 Å². The Morgan fingerprint density at radius 1 is 1.35 bits per heavy atom. The fraction of sp³-hybridized carbons (Fsp3) is 0.444. The summed E-state index contributed by atoms with van der Waals surface area (Å²) in [5.41, 5.74) is 0.665. The lowest BCUT2D eigenvalue weighted by atomic mass is 10.2. The first-order valence-corrected chi connectivity index (χ1v) is 8.79. The van der Waals surface area contributed by atoms with Gasteiger partial charge in [-0.15, -0.1) is 0 Å². The standard InChI is InChI=1S/C18H23ClN4O3/c1-21(2)11-18(24)23(10-15-14(19)9-22(3)20-15)8-13-12-25-16-6-4-5-7-17(16)26-13/h4-7,9,13H,8,10-12H2,1-3H3/t13-/m1/s1. The van der Waals surface area contributed by atoms with Gasteiger partial charge in [-0.2, -0.15) is 5.10 Å². The molecule has 26 heavy (non-hydrogen) atoms. The molecule has 140 valence electrons. The van der Waals surface area contributed by atoms with Crippen LogP contribution in [-0.2, 0) is 18.4 Å². The second-order valence-corrected chi connectivity index (χ2v) is 7.01. The van der Waals surface area contributed by atoms with Crippen LogP contribution in [0.15, 0.2) is 30.5 Å². The van der Waals surface area contributed by atoms with E-state index in [0.29, 0.717) is 42.7 Å². The van der Waals surface area contributed by atoms with Crippen molar-refractivity contribution in [3.05, 3.63) is 41.2 Å². The Bertz CT molecular complexity index is 778. The Hall–Kier alpha value is -2.25. The van der Waals surface area contributed by atoms with Crippen LogP contribution in [0.2, 0.25) is 5.02 Å². The maximum absolute atomic E-state index is 12.7. The van der Waals surface area contributed by atoms with Crippen LogP contribution < -0.4 is 9.47 Å². The van der Waals surface area contributed by atoms with E-state index in [1.807, 2.05) is 43.3 Å². The number of amides is 1. The van der Waals surface area contributed by atoms with Crippen LogP contribution >= 0.6 is 11.6 Å². The van der Waals surface area contributed by atoms with Crippen molar-refractivity contribution < 1.29 is 14.3 Å². The summed E-state index contributed by atoms with van der Waals surface area (Å²) in [6.45, 7) is 1.41. The summed E-state index contributed by atoms with van der Waals surface area (Å²) in [7, 11) is 5.52. The van der Waals surface area contributed by atoms with Crippen LogP contribution in [-0.4, -0.2) is 65.4 Å². The van der Waals surface area contributed by atoms with E-state index in [2.05, 4.69) is 5.10 Å². The van der Waals surface area contributed by atoms with Crippen LogP contribution in [0.25, 0.3) is 0 Å². The molecule has 2 aromatic rings. The van der Waals surface area contributed by atoms with Crippen molar-refractivity contribution in [3.63, 3.8) is 0 Å². The summed E-state index contributed by atoms with van der Waals surface area (Å²) in [6, 6.07) is 7.53. The van der Waals surface area contributed by atoms with E-state index in [1.54, 1.807) is 22.8 Å². The Morgan fingerprint density at radius 2 is 2.08 bits per heavy atom. The van der Waals surface area contributed by atoms with Gasteiger partial charge in [0.25, 0.3) is 0 Å². The molecule has 0 aliphatic carbocycles. The molecule has 0 bridgehead atoms. The first-order valence-electron chi connectivity index (χ1n) is 8.41. The number of carbonyl (C=O) groups is 1. The van der Waals surface area contributed by atoms with Gasteiger partial charge in [0.15, 0.2) is 17.6 Å². The zero-order valence-electron chi connectivity index (χ0n) is 15.2. The van der Waals surface area contributed by atoms with E-state index in [1.165, 1.54) is 0 Å². The minimum absolute atomic E-state index is 0.0146. The van der Waals surface area contributed by atoms with Crippen molar-refractivity contribution in [2.24, 2.45) is 7.05 Å². The number of hydrogen-bond donors (Lipinski definition) is 0. The van der Waals surface area contributed by atoms with Crippen molar-refractivity contribution in [2.75, 3.05) is 33.8 Å². The van der Waals surface area contributed by atoms with Gasteiger partial charge in [0.05, 0.1) is 24.7 Å². The lowest BCUT2D eigenvalue weighted by molar-refractivity contribution is -0.134. The van der Waals surface area contributed by atoms with E-state index in [4.69, 9.17) is 21.1 Å². The van der Waals surface area contributed by atoms with Gasteiger partial charge in [0.1, 0.15) is 12.3 Å². The zero-order valence-corrected chi connectivity index (χ0v) is 15.9. The van der Waals surface area contributed by atoms with Gasteiger partial charge in [0, 0.05) is 13.2 Å². The molecule has 1 atom stereocenters. The van der Waals surface area contributed by atoms with Gasteiger partial charge in [-0.1, -0.05) is 23.7 Å². The molecule has 0 unspecified atom stereocenters. The summed E-state index contributed by atoms with van der Waals surface area (Å²) in [5, 5.41) is 4.89. The summed E-state index contributed by atoms with van der Waals surface area (Å²) in [6.07, 6.45) is 1.47. The normalized spacial score (nSPS) is 16.0. The molecule has 0 spiro atoms. The van der Waals surface area contributed by atoms with Gasteiger partial charge in [-0.3, -0.25) is 9.48 Å². The molecule has 8 heteroatoms. The molecule has 1 aromatic carbocycles. The Labute approximate surface area is 158 Å². The van der Waals surface area contributed by atoms with Gasteiger partial charge in [-0.25, -0.2) is 0 Å². The summed E-state index contributed by atoms with van der Waals surface area (Å²) < 4.78 is 13.4. The zero-order chi connectivity index (χ0) is 18.7. The minimum Gasteiger partial charge on any atom is -0.486 e. The molecule has 0 radical (unpaired) electrons. The summed E-state index contributed by atoms with van der Waals surface area (Å²) >= 11 is 6.22. The van der Waals surface area contributed by atoms with E-state index in [9.17, 15) is 4.79 Å². The lowest BCUT2D eigenvalue weighted by Crippen LogP contribution is -2.46. The Kier molecular flexibility index (Phi) is 5.68. The first kappa shape index (κ1) is 18.5. The number of rotatable bonds is 6. The fourth-order valence-electron chi connectivity index (χ4n) is 2.82. The molecule has 3 rings (SSSR count). The quantitative estimate of drug-likeness (QED) is 0.767. The molecule has 0 saturated carbocycles. The van der Waals surface area contributed by atoms with Crippen LogP contribution in [0.1, 0.15) is 5.69 Å². The number of halogens is 1. The highest BCUT2D eigenvalue weighted by Gasteiger charge is 2.26. The SMILES string of the molecule is CN(C)CC(=O)N(Cc1nn(C)cc1Cl)C[C@@H]1COc2ccccc2O1. The molecular weight excluding hydrogens is 356 g/mol. The first-order chi connectivity index (χ1) is 12.4. The van der Waals surface area contributed by atoms with Gasteiger partial charge in [0.2, 0.25) is 5.91 Å². The van der Waals surface area contributed by atoms with Crippen LogP contribution in [0.3, 0.4) is 0 Å². The van der Waals surface area contributed by atoms with E-state index in [-0.39, 0.29) is 12.0 Å². The number of fused-ring (bicyclic) bond motifs is 1. The average molecular weight is 379 g/mol. The Morgan fingerprint density at radius 3 is 2.73 bits per heavy atom. The van der Waals surface area contributed by atoms with Crippen molar-refractivity contribution in [2.45, 2.75) is 12.6 Å². The third-order valence-corrected chi connectivity index (χ3v) is 4.31. The van der Waals surface area contributed by atoms with Gasteiger partial charge < -0.3 is 19.3 Å². The fourth-order valence-corrected chi connectivity index (χ4v) is 3.06. The van der Waals surface area contributed by atoms with Crippen molar-refractivity contribution >= 4 is 17.5 Å². The highest BCUT2D eigenvalue weighted by Crippen LogP contribution is 2.31. The highest BCUT2D eigenvalue weighted by molar-refractivity contribution is 6.31. The van der Waals surface area contributed by atoms with E-state index < -0.39 is 0 Å². The molecule has 1 amide bonds. The maximum atomic E-state index is 12.7. The monoisotopic (exact) mass is 378 g/mol. The summed E-state index contributed by atoms with van der Waals surface area (Å²) in [4.78, 5) is 16.3. The second-order valence-electron chi connectivity index (χ2n) is 6.61. The highest BCUT2D eigenvalue weighted by atomic mass is 35.5. The molecule has 1 aliphatic heterocycles. The number of ether oxygens (including phenoxy) is 2. The number of aromatic nitrogens is 2. The summed E-state index contributed by atoms with van der Waals surface area (Å²) in [5.74, 6) is 1.40. The molecule has 0 saturated heterocycles. The van der Waals surface area contributed by atoms with Crippen molar-refractivity contribution in [3.8, 4) is 11.5 Å². The van der Waals surface area contributed by atoms with E-state index in [0.717, 1.165) is 5.75 Å². The smallest absolute Gasteiger partial charge is 0.237 e. The molecule has 0 fully saturated rings. The number of likely N-dealkylation sites (N-methyl/N-ethyl adjacent to an activating group) is 1. The average Bonchev–Trinajstić information content (AvgIpc) is 2.91. The van der Waals surface area contributed by atoms with Crippen molar-refractivity contribution in [1.82, 2.24) is 19.6 Å². The third-order valence-electron chi connectivity index (χ3n) is 3.99. The molecule has 0 N–H and O–H groups in total. The van der Waals surface area contributed by atoms with Gasteiger partial charge >= 0.3 is 0 Å². The van der Waals surface area contributed by atoms with Crippen LogP contribution in [0.4, 0.5) is 0 Å². The number of para-hydroxylation sites is 2. The third kappa shape index (κ3) is 4.47. The number of benzene rings is 1. The minimum atomic E-state index is -0.251. The van der Waals surface area contributed by atoms with Crippen LogP contribution in [0, 0.1) is 0 Å². The topological polar surface area (TPSA) is 59.8 Å². The Balaban J connectivity index is 1.73. The number of nitrogens with zero attached hydrogens (tertiary/aromatic N) is 4. The second kappa shape index (κ2) is 7.97. The lowest BCUT2D eigenvalue weighted by Gasteiger charge is -2.31. The molecule has 7 nitrogen and oxygen atoms in total. The largest absolute Gasteiger partial charge is 0.486 e. The van der Waals surface area contributed by atoms with Crippen molar-refractivity contribution in [1.29, 1.82) is 0 Å².